The van der Waals surface area contributed by atoms with Crippen molar-refractivity contribution in [2.45, 2.75) is 51.9 Å². The van der Waals surface area contributed by atoms with Crippen LogP contribution in [0.15, 0.2) is 46.8 Å². The molecule has 1 aromatic carbocycles. The predicted molar refractivity (Wildman–Crippen MR) is 184 cm³/mol. The Morgan fingerprint density at radius 3 is 2.57 bits per heavy atom. The molecule has 4 heterocycles. The number of benzene rings is 1. The maximum Gasteiger partial charge on any atom is 0.434 e. The van der Waals surface area contributed by atoms with E-state index in [4.69, 9.17) is 4.74 Å². The summed E-state index contributed by atoms with van der Waals surface area (Å²) in [5.41, 5.74) is 0.495. The molecule has 0 atom stereocenters. The van der Waals surface area contributed by atoms with Gasteiger partial charge in [-0.1, -0.05) is 6.07 Å². The molecule has 1 aliphatic heterocycles. The molecule has 5 rings (SSSR count). The minimum Gasteiger partial charge on any atom is -0.381 e. The van der Waals surface area contributed by atoms with Gasteiger partial charge in [-0.3, -0.25) is 14.9 Å². The fourth-order valence-corrected chi connectivity index (χ4v) is 6.48. The minimum absolute atomic E-state index is 0.0332. The Bertz CT molecular complexity index is 1870. The summed E-state index contributed by atoms with van der Waals surface area (Å²) < 4.78 is 48.1. The van der Waals surface area contributed by atoms with Crippen LogP contribution in [0, 0.1) is 5.92 Å². The first kappa shape index (κ1) is 36.0. The lowest BCUT2D eigenvalue weighted by molar-refractivity contribution is -0.140. The van der Waals surface area contributed by atoms with E-state index in [0.29, 0.717) is 66.4 Å². The van der Waals surface area contributed by atoms with Gasteiger partial charge in [0.15, 0.2) is 5.69 Å². The van der Waals surface area contributed by atoms with Crippen molar-refractivity contribution < 1.29 is 27.5 Å². The number of alkyl halides is 3. The molecule has 49 heavy (non-hydrogen) atoms. The number of anilines is 1. The second-order valence-electron chi connectivity index (χ2n) is 12.6. The van der Waals surface area contributed by atoms with E-state index < -0.39 is 29.2 Å². The molecule has 11 nitrogen and oxygen atoms in total. The lowest BCUT2D eigenvalue weighted by atomic mass is 9.96. The normalized spacial score (nSPS) is 14.1. The highest BCUT2D eigenvalue weighted by molar-refractivity contribution is 7.13. The second-order valence-corrected chi connectivity index (χ2v) is 13.5. The SMILES string of the molecule is CC(C)NC(=O)Nc1cc(-c2nc(C(F)(F)F)cs2)c(-c2ccc3c(=O)c(C(=O)NCCN(C)C)cn(CCC4CCOCC4)c3c2)cn1. The number of ether oxygens (including phenoxy) is 1. The van der Waals surface area contributed by atoms with Crippen molar-refractivity contribution >= 4 is 40.0 Å². The van der Waals surface area contributed by atoms with Crippen LogP contribution in [-0.2, 0) is 17.5 Å². The lowest BCUT2D eigenvalue weighted by Crippen LogP contribution is -2.34. The summed E-state index contributed by atoms with van der Waals surface area (Å²) >= 11 is 0.823. The molecule has 0 bridgehead atoms. The van der Waals surface area contributed by atoms with Crippen molar-refractivity contribution in [2.24, 2.45) is 5.92 Å². The van der Waals surface area contributed by atoms with Gasteiger partial charge >= 0.3 is 12.2 Å². The number of nitrogens with zero attached hydrogens (tertiary/aromatic N) is 4. The van der Waals surface area contributed by atoms with Gasteiger partial charge in [-0.05, 0) is 76.9 Å². The Balaban J connectivity index is 1.60. The molecule has 0 spiro atoms. The van der Waals surface area contributed by atoms with Crippen LogP contribution in [0.1, 0.15) is 49.2 Å². The van der Waals surface area contributed by atoms with Gasteiger partial charge in [0.2, 0.25) is 5.43 Å². The third-order valence-corrected chi connectivity index (χ3v) is 9.07. The van der Waals surface area contributed by atoms with Crippen LogP contribution in [0.25, 0.3) is 32.6 Å². The molecule has 3 amide bonds. The number of amides is 3. The first-order valence-electron chi connectivity index (χ1n) is 16.1. The van der Waals surface area contributed by atoms with Gasteiger partial charge in [0.1, 0.15) is 16.4 Å². The monoisotopic (exact) mass is 699 g/mol. The zero-order valence-corrected chi connectivity index (χ0v) is 28.6. The Labute approximate surface area is 285 Å². The van der Waals surface area contributed by atoms with E-state index in [2.05, 4.69) is 25.9 Å². The number of carbonyl (C=O) groups excluding carboxylic acids is 2. The molecule has 262 valence electrons. The smallest absolute Gasteiger partial charge is 0.381 e. The molecule has 4 aromatic rings. The summed E-state index contributed by atoms with van der Waals surface area (Å²) in [4.78, 5) is 49.5. The van der Waals surface area contributed by atoms with E-state index in [-0.39, 0.29) is 22.4 Å². The number of aryl methyl sites for hydroxylation is 1. The van der Waals surface area contributed by atoms with E-state index in [9.17, 15) is 27.6 Å². The van der Waals surface area contributed by atoms with Crippen LogP contribution < -0.4 is 21.4 Å². The summed E-state index contributed by atoms with van der Waals surface area (Å²) in [7, 11) is 3.78. The Kier molecular flexibility index (Phi) is 11.4. The van der Waals surface area contributed by atoms with E-state index in [0.717, 1.165) is 36.0 Å². The third kappa shape index (κ3) is 9.02. The highest BCUT2D eigenvalue weighted by Gasteiger charge is 2.34. The number of nitrogens with one attached hydrogen (secondary N) is 3. The standard InChI is InChI=1S/C34H40F3N7O4S/c1-20(2)40-33(47)42-29-16-24(32-41-28(19-49-32)34(35,36)37)25(17-39-29)22-5-6-23-27(15-22)44(11-7-21-8-13-48-14-9-21)18-26(30(23)45)31(46)38-10-12-43(3)4/h5-6,15-21H,7-14H2,1-4H3,(H,38,46)(H2,39,40,42,47). The maximum absolute atomic E-state index is 13.7. The Morgan fingerprint density at radius 1 is 1.14 bits per heavy atom. The van der Waals surface area contributed by atoms with Crippen LogP contribution in [0.5, 0.6) is 0 Å². The van der Waals surface area contributed by atoms with Crippen molar-refractivity contribution in [2.75, 3.05) is 45.7 Å². The molecule has 0 saturated carbocycles. The van der Waals surface area contributed by atoms with Crippen LogP contribution in [0.4, 0.5) is 23.8 Å². The molecule has 0 radical (unpaired) electrons. The van der Waals surface area contributed by atoms with Gasteiger partial charge in [-0.2, -0.15) is 13.2 Å². The van der Waals surface area contributed by atoms with Crippen LogP contribution in [0.2, 0.25) is 0 Å². The number of pyridine rings is 2. The number of carbonyl (C=O) groups is 2. The van der Waals surface area contributed by atoms with Crippen LogP contribution in [-0.4, -0.2) is 77.8 Å². The van der Waals surface area contributed by atoms with E-state index in [1.807, 2.05) is 23.6 Å². The second kappa shape index (κ2) is 15.5. The molecule has 0 aliphatic carbocycles. The summed E-state index contributed by atoms with van der Waals surface area (Å²) in [6, 6.07) is 5.90. The fraction of sp³-hybridized carbons (Fsp3) is 0.441. The number of urea groups is 1. The van der Waals surface area contributed by atoms with Gasteiger partial charge in [0.05, 0.1) is 5.52 Å². The highest BCUT2D eigenvalue weighted by atomic mass is 32.1. The lowest BCUT2D eigenvalue weighted by Gasteiger charge is -2.23. The van der Waals surface area contributed by atoms with Crippen molar-refractivity contribution in [3.63, 3.8) is 0 Å². The molecular formula is C34H40F3N7O4S. The quantitative estimate of drug-likeness (QED) is 0.179. The minimum atomic E-state index is -4.64. The van der Waals surface area contributed by atoms with E-state index in [1.165, 1.54) is 12.3 Å². The number of halogens is 3. The maximum atomic E-state index is 13.7. The molecule has 1 saturated heterocycles. The zero-order chi connectivity index (χ0) is 35.3. The van der Waals surface area contributed by atoms with Crippen LogP contribution >= 0.6 is 11.3 Å². The number of fused-ring (bicyclic) bond motifs is 1. The average molecular weight is 700 g/mol. The molecule has 15 heteroatoms. The first-order valence-corrected chi connectivity index (χ1v) is 17.0. The third-order valence-electron chi connectivity index (χ3n) is 8.19. The van der Waals surface area contributed by atoms with Gasteiger partial charge < -0.3 is 24.8 Å². The van der Waals surface area contributed by atoms with Crippen molar-refractivity contribution in [3.8, 4) is 21.7 Å². The van der Waals surface area contributed by atoms with E-state index >= 15 is 0 Å². The molecule has 3 N–H and O–H groups in total. The number of likely N-dealkylation sites (N-methyl/N-ethyl adjacent to an activating group) is 1. The summed E-state index contributed by atoms with van der Waals surface area (Å²) in [6.07, 6.45) is 1.05. The van der Waals surface area contributed by atoms with Crippen LogP contribution in [0.3, 0.4) is 0 Å². The average Bonchev–Trinajstić information content (AvgIpc) is 3.56. The summed E-state index contributed by atoms with van der Waals surface area (Å²) in [5.74, 6) is 0.0814. The van der Waals surface area contributed by atoms with E-state index in [1.54, 1.807) is 38.2 Å². The van der Waals surface area contributed by atoms with Gasteiger partial charge in [-0.25, -0.2) is 14.8 Å². The molecule has 1 fully saturated rings. The summed E-state index contributed by atoms with van der Waals surface area (Å²) in [5, 5.41) is 9.52. The van der Waals surface area contributed by atoms with Crippen molar-refractivity contribution in [3.05, 3.63) is 63.5 Å². The highest BCUT2D eigenvalue weighted by Crippen LogP contribution is 2.39. The molecule has 3 aromatic heterocycles. The van der Waals surface area contributed by atoms with Crippen molar-refractivity contribution in [1.82, 2.24) is 30.1 Å². The topological polar surface area (TPSA) is 130 Å². The number of thiazole rings is 1. The predicted octanol–water partition coefficient (Wildman–Crippen LogP) is 5.84. The number of rotatable bonds is 11. The number of hydrogen-bond donors (Lipinski definition) is 3. The summed E-state index contributed by atoms with van der Waals surface area (Å²) in [6.45, 7) is 6.47. The van der Waals surface area contributed by atoms with Gasteiger partial charge in [0, 0.05) is 73.2 Å². The largest absolute Gasteiger partial charge is 0.434 e. The molecule has 1 aliphatic rings. The zero-order valence-electron chi connectivity index (χ0n) is 27.8. The number of hydrogen-bond acceptors (Lipinski definition) is 8. The van der Waals surface area contributed by atoms with Gasteiger partial charge in [0.25, 0.3) is 5.91 Å². The van der Waals surface area contributed by atoms with Crippen molar-refractivity contribution in [1.29, 1.82) is 0 Å². The Hall–Kier alpha value is -4.34. The number of aromatic nitrogens is 3. The molecular weight excluding hydrogens is 659 g/mol. The first-order chi connectivity index (χ1) is 23.3. The Morgan fingerprint density at radius 2 is 1.90 bits per heavy atom. The fourth-order valence-electron chi connectivity index (χ4n) is 5.62. The van der Waals surface area contributed by atoms with Gasteiger partial charge in [-0.15, -0.1) is 11.3 Å². The molecule has 0 unspecified atom stereocenters.